The standard InChI is InChI=1S/C10H14N2O4S/c1-17-5-2-7(10(14)15)12-8(13)6-9-11-3-4-16-9/h3-4,7H,2,5-6H2,1H3,(H,12,13)(H,14,15)/t7-/m0/s1. The van der Waals surface area contributed by atoms with Crippen molar-refractivity contribution in [3.05, 3.63) is 18.4 Å². The maximum absolute atomic E-state index is 11.5. The van der Waals surface area contributed by atoms with Crippen LogP contribution >= 0.6 is 11.8 Å². The maximum Gasteiger partial charge on any atom is 0.326 e. The molecule has 0 saturated carbocycles. The van der Waals surface area contributed by atoms with Crippen LogP contribution in [0.4, 0.5) is 0 Å². The van der Waals surface area contributed by atoms with Gasteiger partial charge in [0.15, 0.2) is 0 Å². The number of hydrogen-bond acceptors (Lipinski definition) is 5. The van der Waals surface area contributed by atoms with Crippen LogP contribution in [-0.4, -0.2) is 40.0 Å². The zero-order valence-corrected chi connectivity index (χ0v) is 10.2. The van der Waals surface area contributed by atoms with Crippen molar-refractivity contribution in [3.63, 3.8) is 0 Å². The molecule has 1 heterocycles. The fourth-order valence-corrected chi connectivity index (χ4v) is 1.69. The number of rotatable bonds is 7. The van der Waals surface area contributed by atoms with E-state index in [4.69, 9.17) is 9.52 Å². The van der Waals surface area contributed by atoms with Crippen molar-refractivity contribution in [1.29, 1.82) is 0 Å². The second-order valence-electron chi connectivity index (χ2n) is 3.34. The van der Waals surface area contributed by atoms with Gasteiger partial charge in [0, 0.05) is 0 Å². The summed E-state index contributed by atoms with van der Waals surface area (Å²) in [7, 11) is 0. The lowest BCUT2D eigenvalue weighted by Crippen LogP contribution is -2.41. The Morgan fingerprint density at radius 2 is 2.41 bits per heavy atom. The quantitative estimate of drug-likeness (QED) is 0.741. The Hall–Kier alpha value is -1.50. The largest absolute Gasteiger partial charge is 0.480 e. The average Bonchev–Trinajstić information content (AvgIpc) is 2.76. The van der Waals surface area contributed by atoms with Crippen molar-refractivity contribution in [2.24, 2.45) is 0 Å². The summed E-state index contributed by atoms with van der Waals surface area (Å²) in [6.45, 7) is 0. The molecular weight excluding hydrogens is 244 g/mol. The zero-order valence-electron chi connectivity index (χ0n) is 9.38. The van der Waals surface area contributed by atoms with Crippen LogP contribution in [0.15, 0.2) is 16.9 Å². The van der Waals surface area contributed by atoms with E-state index in [-0.39, 0.29) is 12.3 Å². The molecule has 1 atom stereocenters. The number of oxazole rings is 1. The fraction of sp³-hybridized carbons (Fsp3) is 0.500. The van der Waals surface area contributed by atoms with Gasteiger partial charge in [-0.05, 0) is 18.4 Å². The smallest absolute Gasteiger partial charge is 0.326 e. The first kappa shape index (κ1) is 13.6. The highest BCUT2D eigenvalue weighted by atomic mass is 32.2. The number of carboxylic acids is 1. The number of thioether (sulfide) groups is 1. The van der Waals surface area contributed by atoms with E-state index in [9.17, 15) is 9.59 Å². The molecule has 7 heteroatoms. The van der Waals surface area contributed by atoms with E-state index in [1.165, 1.54) is 24.2 Å². The summed E-state index contributed by atoms with van der Waals surface area (Å²) < 4.78 is 4.90. The molecule has 0 aliphatic carbocycles. The number of aliphatic carboxylic acids is 1. The third-order valence-corrected chi connectivity index (χ3v) is 2.68. The Balaban J connectivity index is 2.43. The average molecular weight is 258 g/mol. The lowest BCUT2D eigenvalue weighted by Gasteiger charge is -2.13. The van der Waals surface area contributed by atoms with Crippen LogP contribution in [0.25, 0.3) is 0 Å². The van der Waals surface area contributed by atoms with Crippen LogP contribution in [0.3, 0.4) is 0 Å². The maximum atomic E-state index is 11.5. The number of nitrogens with zero attached hydrogens (tertiary/aromatic N) is 1. The van der Waals surface area contributed by atoms with Crippen LogP contribution < -0.4 is 5.32 Å². The summed E-state index contributed by atoms with van der Waals surface area (Å²) in [6, 6.07) is -0.857. The van der Waals surface area contributed by atoms with Gasteiger partial charge in [0.05, 0.1) is 6.20 Å². The predicted octanol–water partition coefficient (Wildman–Crippen LogP) is 0.540. The van der Waals surface area contributed by atoms with Gasteiger partial charge in [0.1, 0.15) is 18.7 Å². The highest BCUT2D eigenvalue weighted by molar-refractivity contribution is 7.98. The molecule has 0 bridgehead atoms. The van der Waals surface area contributed by atoms with Crippen LogP contribution in [0.1, 0.15) is 12.3 Å². The monoisotopic (exact) mass is 258 g/mol. The molecule has 0 radical (unpaired) electrons. The van der Waals surface area contributed by atoms with Gasteiger partial charge in [-0.1, -0.05) is 0 Å². The molecule has 0 spiro atoms. The Morgan fingerprint density at radius 3 is 2.94 bits per heavy atom. The summed E-state index contributed by atoms with van der Waals surface area (Å²) in [4.78, 5) is 26.2. The van der Waals surface area contributed by atoms with Gasteiger partial charge in [0.25, 0.3) is 0 Å². The molecular formula is C10H14N2O4S. The molecule has 0 aliphatic heterocycles. The third kappa shape index (κ3) is 4.90. The van der Waals surface area contributed by atoms with Crippen molar-refractivity contribution < 1.29 is 19.1 Å². The number of aromatic nitrogens is 1. The highest BCUT2D eigenvalue weighted by Crippen LogP contribution is 2.02. The van der Waals surface area contributed by atoms with Crippen molar-refractivity contribution in [2.75, 3.05) is 12.0 Å². The summed E-state index contributed by atoms with van der Waals surface area (Å²) >= 11 is 1.53. The summed E-state index contributed by atoms with van der Waals surface area (Å²) in [5, 5.41) is 11.3. The zero-order chi connectivity index (χ0) is 12.7. The molecule has 1 aromatic heterocycles. The van der Waals surface area contributed by atoms with Gasteiger partial charge in [-0.3, -0.25) is 4.79 Å². The number of amides is 1. The first-order chi connectivity index (χ1) is 8.13. The summed E-state index contributed by atoms with van der Waals surface area (Å²) in [5.74, 6) is -0.478. The van der Waals surface area contributed by atoms with E-state index >= 15 is 0 Å². The topological polar surface area (TPSA) is 92.4 Å². The number of carbonyl (C=O) groups excluding carboxylic acids is 1. The van der Waals surface area contributed by atoms with Crippen molar-refractivity contribution >= 4 is 23.6 Å². The van der Waals surface area contributed by atoms with Gasteiger partial charge in [-0.25, -0.2) is 9.78 Å². The number of nitrogens with one attached hydrogen (secondary N) is 1. The molecule has 0 fully saturated rings. The molecule has 1 rings (SSSR count). The molecule has 0 aromatic carbocycles. The molecule has 6 nitrogen and oxygen atoms in total. The summed E-state index contributed by atoms with van der Waals surface area (Å²) in [5.41, 5.74) is 0. The molecule has 0 aliphatic rings. The Morgan fingerprint density at radius 1 is 1.65 bits per heavy atom. The van der Waals surface area contributed by atoms with Crippen LogP contribution in [0, 0.1) is 0 Å². The normalized spacial score (nSPS) is 12.1. The van der Waals surface area contributed by atoms with Crippen molar-refractivity contribution in [3.8, 4) is 0 Å². The van der Waals surface area contributed by atoms with Gasteiger partial charge >= 0.3 is 5.97 Å². The number of carbonyl (C=O) groups is 2. The fourth-order valence-electron chi connectivity index (χ4n) is 1.22. The minimum absolute atomic E-state index is 0.0456. The second kappa shape index (κ2) is 6.95. The third-order valence-electron chi connectivity index (χ3n) is 2.04. The summed E-state index contributed by atoms with van der Waals surface area (Å²) in [6.07, 6.45) is 5.04. The molecule has 0 saturated heterocycles. The van der Waals surface area contributed by atoms with E-state index < -0.39 is 17.9 Å². The van der Waals surface area contributed by atoms with Crippen LogP contribution in [0.5, 0.6) is 0 Å². The van der Waals surface area contributed by atoms with Gasteiger partial charge < -0.3 is 14.8 Å². The van der Waals surface area contributed by atoms with E-state index in [1.54, 1.807) is 0 Å². The lowest BCUT2D eigenvalue weighted by atomic mass is 10.2. The van der Waals surface area contributed by atoms with E-state index in [0.717, 1.165) is 0 Å². The van der Waals surface area contributed by atoms with Crippen molar-refractivity contribution in [2.45, 2.75) is 18.9 Å². The number of carboxylic acid groups (broad SMARTS) is 1. The van der Waals surface area contributed by atoms with Gasteiger partial charge in [-0.15, -0.1) is 0 Å². The first-order valence-corrected chi connectivity index (χ1v) is 6.42. The Labute approximate surface area is 103 Å². The predicted molar refractivity (Wildman–Crippen MR) is 62.8 cm³/mol. The molecule has 94 valence electrons. The first-order valence-electron chi connectivity index (χ1n) is 5.03. The Bertz CT molecular complexity index is 366. The van der Waals surface area contributed by atoms with Gasteiger partial charge in [0.2, 0.25) is 11.8 Å². The molecule has 0 unspecified atom stereocenters. The SMILES string of the molecule is CSCC[C@H](NC(=O)Cc1ncco1)C(=O)O. The molecule has 17 heavy (non-hydrogen) atoms. The Kier molecular flexibility index (Phi) is 5.55. The van der Waals surface area contributed by atoms with Crippen LogP contribution in [0.2, 0.25) is 0 Å². The van der Waals surface area contributed by atoms with E-state index in [2.05, 4.69) is 10.3 Å². The minimum Gasteiger partial charge on any atom is -0.480 e. The highest BCUT2D eigenvalue weighted by Gasteiger charge is 2.20. The van der Waals surface area contributed by atoms with Gasteiger partial charge in [-0.2, -0.15) is 11.8 Å². The molecule has 1 amide bonds. The van der Waals surface area contributed by atoms with Crippen molar-refractivity contribution in [1.82, 2.24) is 10.3 Å². The number of hydrogen-bond donors (Lipinski definition) is 2. The molecule has 2 N–H and O–H groups in total. The van der Waals surface area contributed by atoms with Crippen LogP contribution in [-0.2, 0) is 16.0 Å². The van der Waals surface area contributed by atoms with E-state index in [1.807, 2.05) is 6.26 Å². The lowest BCUT2D eigenvalue weighted by molar-refractivity contribution is -0.141. The minimum atomic E-state index is -1.03. The van der Waals surface area contributed by atoms with E-state index in [0.29, 0.717) is 12.2 Å². The molecule has 1 aromatic rings. The second-order valence-corrected chi connectivity index (χ2v) is 4.33.